The molecule has 0 bridgehead atoms. The third-order valence-electron chi connectivity index (χ3n) is 3.22. The summed E-state index contributed by atoms with van der Waals surface area (Å²) in [6, 6.07) is 11.8. The van der Waals surface area contributed by atoms with Gasteiger partial charge in [-0.3, -0.25) is 4.79 Å². The summed E-state index contributed by atoms with van der Waals surface area (Å²) < 4.78 is 24.2. The van der Waals surface area contributed by atoms with E-state index in [1.165, 1.54) is 12.1 Å². The third-order valence-corrected chi connectivity index (χ3v) is 4.36. The monoisotopic (exact) mass is 331 g/mol. The van der Waals surface area contributed by atoms with Crippen LogP contribution in [0, 0.1) is 6.92 Å². The zero-order chi connectivity index (χ0) is 17.2. The first-order valence-electron chi connectivity index (χ1n) is 6.73. The molecule has 0 radical (unpaired) electrons. The van der Waals surface area contributed by atoms with Crippen molar-refractivity contribution in [2.45, 2.75) is 11.8 Å². The summed E-state index contributed by atoms with van der Waals surface area (Å²) >= 11 is 0. The van der Waals surface area contributed by atoms with Crippen molar-refractivity contribution < 1.29 is 13.2 Å². The molecule has 2 aromatic rings. The molecule has 4 N–H and O–H groups in total. The van der Waals surface area contributed by atoms with Crippen molar-refractivity contribution in [2.24, 2.45) is 16.5 Å². The van der Waals surface area contributed by atoms with E-state index in [0.29, 0.717) is 5.56 Å². The molecule has 0 aliphatic rings. The highest BCUT2D eigenvalue weighted by molar-refractivity contribution is 7.90. The van der Waals surface area contributed by atoms with Crippen LogP contribution in [0.3, 0.4) is 0 Å². The van der Waals surface area contributed by atoms with E-state index < -0.39 is 15.7 Å². The molecular weight excluding hydrogens is 314 g/mol. The minimum Gasteiger partial charge on any atom is -0.370 e. The number of nitrogens with two attached hydrogens (primary N) is 2. The van der Waals surface area contributed by atoms with E-state index in [1.54, 1.807) is 6.07 Å². The molecule has 0 saturated carbocycles. The van der Waals surface area contributed by atoms with E-state index in [4.69, 9.17) is 11.5 Å². The Kier molecular flexibility index (Phi) is 4.51. The fourth-order valence-electron chi connectivity index (χ4n) is 2.12. The van der Waals surface area contributed by atoms with Gasteiger partial charge in [-0.15, -0.1) is 0 Å². The Bertz CT molecular complexity index is 881. The van der Waals surface area contributed by atoms with Gasteiger partial charge in [-0.25, -0.2) is 8.42 Å². The number of carbonyl (C=O) groups is 1. The molecule has 0 aliphatic carbocycles. The van der Waals surface area contributed by atoms with Gasteiger partial charge in [0.15, 0.2) is 15.8 Å². The highest BCUT2D eigenvalue weighted by atomic mass is 32.2. The Hall–Kier alpha value is -2.67. The molecule has 0 fully saturated rings. The standard InChI is InChI=1S/C16H17N3O3S/c1-10-3-5-11(6-4-10)13-8-7-12(15(20)19-16(17)18)9-14(13)23(2,21)22/h3-9H,1-2H3,(H4,17,18,19,20). The average molecular weight is 331 g/mol. The van der Waals surface area contributed by atoms with Crippen molar-refractivity contribution in [3.05, 3.63) is 53.6 Å². The molecule has 2 aromatic carbocycles. The lowest BCUT2D eigenvalue weighted by molar-refractivity contribution is 0.100. The molecule has 0 spiro atoms. The van der Waals surface area contributed by atoms with E-state index in [9.17, 15) is 13.2 Å². The third kappa shape index (κ3) is 3.95. The SMILES string of the molecule is Cc1ccc(-c2ccc(C(=O)N=C(N)N)cc2S(C)(=O)=O)cc1. The van der Waals surface area contributed by atoms with Crippen LogP contribution >= 0.6 is 0 Å². The second-order valence-electron chi connectivity index (χ2n) is 5.19. The molecule has 6 nitrogen and oxygen atoms in total. The number of rotatable bonds is 3. The first-order chi connectivity index (χ1) is 10.7. The van der Waals surface area contributed by atoms with E-state index in [-0.39, 0.29) is 16.4 Å². The second-order valence-corrected chi connectivity index (χ2v) is 7.18. The highest BCUT2D eigenvalue weighted by Crippen LogP contribution is 2.29. The molecule has 0 aromatic heterocycles. The zero-order valence-electron chi connectivity index (χ0n) is 12.8. The lowest BCUT2D eigenvalue weighted by Crippen LogP contribution is -2.24. The van der Waals surface area contributed by atoms with Crippen LogP contribution in [-0.2, 0) is 9.84 Å². The van der Waals surface area contributed by atoms with Crippen LogP contribution in [-0.4, -0.2) is 26.5 Å². The smallest absolute Gasteiger partial charge is 0.280 e. The number of guanidine groups is 1. The summed E-state index contributed by atoms with van der Waals surface area (Å²) in [4.78, 5) is 15.4. The first-order valence-corrected chi connectivity index (χ1v) is 8.63. The number of carbonyl (C=O) groups excluding carboxylic acids is 1. The van der Waals surface area contributed by atoms with Gasteiger partial charge in [0.2, 0.25) is 0 Å². The summed E-state index contributed by atoms with van der Waals surface area (Å²) in [6.07, 6.45) is 1.09. The maximum atomic E-state index is 12.1. The van der Waals surface area contributed by atoms with Gasteiger partial charge in [-0.1, -0.05) is 35.9 Å². The van der Waals surface area contributed by atoms with Gasteiger partial charge >= 0.3 is 0 Å². The van der Waals surface area contributed by atoms with Gasteiger partial charge in [-0.05, 0) is 24.6 Å². The fourth-order valence-corrected chi connectivity index (χ4v) is 3.04. The predicted molar refractivity (Wildman–Crippen MR) is 89.9 cm³/mol. The number of amides is 1. The van der Waals surface area contributed by atoms with Crippen LogP contribution in [0.15, 0.2) is 52.4 Å². The van der Waals surface area contributed by atoms with Gasteiger partial charge in [-0.2, -0.15) is 4.99 Å². The van der Waals surface area contributed by atoms with E-state index in [2.05, 4.69) is 4.99 Å². The van der Waals surface area contributed by atoms with Crippen molar-refractivity contribution >= 4 is 21.7 Å². The lowest BCUT2D eigenvalue weighted by Gasteiger charge is -2.10. The summed E-state index contributed by atoms with van der Waals surface area (Å²) in [5.41, 5.74) is 12.8. The van der Waals surface area contributed by atoms with Gasteiger partial charge < -0.3 is 11.5 Å². The number of benzene rings is 2. The Morgan fingerprint density at radius 2 is 1.65 bits per heavy atom. The largest absolute Gasteiger partial charge is 0.370 e. The molecular formula is C16H17N3O3S. The number of hydrogen-bond acceptors (Lipinski definition) is 3. The van der Waals surface area contributed by atoms with E-state index in [1.807, 2.05) is 31.2 Å². The van der Waals surface area contributed by atoms with E-state index >= 15 is 0 Å². The average Bonchev–Trinajstić information content (AvgIpc) is 2.46. The van der Waals surface area contributed by atoms with Crippen molar-refractivity contribution in [2.75, 3.05) is 6.26 Å². The van der Waals surface area contributed by atoms with Gasteiger partial charge in [0.25, 0.3) is 5.91 Å². The molecule has 2 rings (SSSR count). The molecule has 1 amide bonds. The van der Waals surface area contributed by atoms with Crippen molar-refractivity contribution in [1.82, 2.24) is 0 Å². The lowest BCUT2D eigenvalue weighted by atomic mass is 10.0. The highest BCUT2D eigenvalue weighted by Gasteiger charge is 2.17. The van der Waals surface area contributed by atoms with Crippen LogP contribution in [0.4, 0.5) is 0 Å². The maximum Gasteiger partial charge on any atom is 0.280 e. The number of sulfone groups is 1. The van der Waals surface area contributed by atoms with E-state index in [0.717, 1.165) is 17.4 Å². The topological polar surface area (TPSA) is 116 Å². The minimum atomic E-state index is -3.54. The number of hydrogen-bond donors (Lipinski definition) is 2. The van der Waals surface area contributed by atoms with Crippen LogP contribution in [0.25, 0.3) is 11.1 Å². The summed E-state index contributed by atoms with van der Waals surface area (Å²) in [6.45, 7) is 1.94. The Morgan fingerprint density at radius 3 is 2.17 bits per heavy atom. The first kappa shape index (κ1) is 16.7. The van der Waals surface area contributed by atoms with Gasteiger partial charge in [0.05, 0.1) is 4.90 Å². The molecule has 0 atom stereocenters. The van der Waals surface area contributed by atoms with Crippen LogP contribution in [0.1, 0.15) is 15.9 Å². The molecule has 23 heavy (non-hydrogen) atoms. The maximum absolute atomic E-state index is 12.1. The number of nitrogens with zero attached hydrogens (tertiary/aromatic N) is 1. The number of aryl methyl sites for hydroxylation is 1. The molecule has 0 unspecified atom stereocenters. The summed E-state index contributed by atoms with van der Waals surface area (Å²) in [5.74, 6) is -1.07. The van der Waals surface area contributed by atoms with Crippen LogP contribution in [0.5, 0.6) is 0 Å². The fraction of sp³-hybridized carbons (Fsp3) is 0.125. The molecule has 0 aliphatic heterocycles. The Balaban J connectivity index is 2.63. The molecule has 120 valence electrons. The quantitative estimate of drug-likeness (QED) is 0.653. The molecule has 0 heterocycles. The molecule has 7 heteroatoms. The second kappa shape index (κ2) is 6.21. The number of aliphatic imine (C=N–C) groups is 1. The van der Waals surface area contributed by atoms with Crippen molar-refractivity contribution in [3.8, 4) is 11.1 Å². The Morgan fingerprint density at radius 1 is 1.04 bits per heavy atom. The van der Waals surface area contributed by atoms with Crippen molar-refractivity contribution in [1.29, 1.82) is 0 Å². The Labute approximate surface area is 134 Å². The van der Waals surface area contributed by atoms with Crippen LogP contribution < -0.4 is 11.5 Å². The van der Waals surface area contributed by atoms with Gasteiger partial charge in [0, 0.05) is 17.4 Å². The zero-order valence-corrected chi connectivity index (χ0v) is 13.6. The summed E-state index contributed by atoms with van der Waals surface area (Å²) in [5, 5.41) is 0. The van der Waals surface area contributed by atoms with Gasteiger partial charge in [0.1, 0.15) is 0 Å². The minimum absolute atomic E-state index is 0.0537. The van der Waals surface area contributed by atoms with Crippen molar-refractivity contribution in [3.63, 3.8) is 0 Å². The van der Waals surface area contributed by atoms with Crippen LogP contribution in [0.2, 0.25) is 0 Å². The summed E-state index contributed by atoms with van der Waals surface area (Å²) in [7, 11) is -3.54. The predicted octanol–water partition coefficient (Wildman–Crippen LogP) is 1.48. The normalized spacial score (nSPS) is 11.0. The molecule has 0 saturated heterocycles.